The molecule has 33 heavy (non-hydrogen) atoms. The third-order valence-electron chi connectivity index (χ3n) is 7.21. The fourth-order valence-corrected chi connectivity index (χ4v) is 5.23. The van der Waals surface area contributed by atoms with Crippen LogP contribution in [0.25, 0.3) is 22.6 Å². The zero-order valence-electron chi connectivity index (χ0n) is 19.5. The van der Waals surface area contributed by atoms with Gasteiger partial charge in [0, 0.05) is 51.0 Å². The summed E-state index contributed by atoms with van der Waals surface area (Å²) in [6.07, 6.45) is 4.55. The molecule has 2 aromatic heterocycles. The second-order valence-corrected chi connectivity index (χ2v) is 9.57. The quantitative estimate of drug-likeness (QED) is 0.571. The van der Waals surface area contributed by atoms with E-state index in [0.717, 1.165) is 80.9 Å². The molecule has 2 aliphatic heterocycles. The number of hydrogen-bond acceptors (Lipinski definition) is 6. The minimum Gasteiger partial charge on any atom is -0.381 e. The molecule has 1 aliphatic carbocycles. The van der Waals surface area contributed by atoms with E-state index in [1.807, 2.05) is 6.92 Å². The average Bonchev–Trinajstić information content (AvgIpc) is 3.60. The van der Waals surface area contributed by atoms with Crippen LogP contribution >= 0.6 is 12.4 Å². The second kappa shape index (κ2) is 9.20. The largest absolute Gasteiger partial charge is 0.381 e. The van der Waals surface area contributed by atoms with Crippen molar-refractivity contribution in [1.82, 2.24) is 24.4 Å². The van der Waals surface area contributed by atoms with Crippen LogP contribution in [0, 0.1) is 6.92 Å². The molecule has 1 aromatic carbocycles. The number of piperazine rings is 1. The molecule has 1 saturated carbocycles. The highest BCUT2D eigenvalue weighted by atomic mass is 35.5. The molecule has 8 heteroatoms. The lowest BCUT2D eigenvalue weighted by atomic mass is 10.0. The third kappa shape index (κ3) is 4.22. The molecule has 0 radical (unpaired) electrons. The number of imidazole rings is 1. The van der Waals surface area contributed by atoms with E-state index in [9.17, 15) is 0 Å². The fraction of sp³-hybridized carbons (Fsp3) is 0.560. The van der Waals surface area contributed by atoms with Gasteiger partial charge in [-0.15, -0.1) is 12.4 Å². The summed E-state index contributed by atoms with van der Waals surface area (Å²) >= 11 is 0. The molecule has 3 aliphatic rings. The predicted octanol–water partition coefficient (Wildman–Crippen LogP) is 4.20. The van der Waals surface area contributed by atoms with Crippen LogP contribution in [0.4, 0.5) is 5.82 Å². The maximum absolute atomic E-state index is 5.70. The average molecular weight is 469 g/mol. The zero-order valence-corrected chi connectivity index (χ0v) is 20.4. The highest BCUT2D eigenvalue weighted by Gasteiger charge is 2.31. The summed E-state index contributed by atoms with van der Waals surface area (Å²) in [7, 11) is 2.19. The summed E-state index contributed by atoms with van der Waals surface area (Å²) in [6.45, 7) is 7.64. The lowest BCUT2D eigenvalue weighted by molar-refractivity contribution is 0.0708. The Balaban J connectivity index is 0.00000228. The van der Waals surface area contributed by atoms with Crippen molar-refractivity contribution in [2.75, 3.05) is 51.3 Å². The van der Waals surface area contributed by atoms with Gasteiger partial charge in [0.1, 0.15) is 11.6 Å². The summed E-state index contributed by atoms with van der Waals surface area (Å²) in [4.78, 5) is 20.0. The van der Waals surface area contributed by atoms with Crippen molar-refractivity contribution in [3.63, 3.8) is 0 Å². The number of aryl methyl sites for hydroxylation is 1. The number of ether oxygens (including phenoxy) is 1. The van der Waals surface area contributed by atoms with E-state index in [-0.39, 0.29) is 12.4 Å². The van der Waals surface area contributed by atoms with E-state index in [1.54, 1.807) is 0 Å². The molecule has 176 valence electrons. The summed E-state index contributed by atoms with van der Waals surface area (Å²) < 4.78 is 8.12. The minimum absolute atomic E-state index is 0. The van der Waals surface area contributed by atoms with Gasteiger partial charge < -0.3 is 19.1 Å². The number of halogens is 1. The molecule has 0 N–H and O–H groups in total. The number of anilines is 1. The number of nitrogens with zero attached hydrogens (tertiary/aromatic N) is 6. The molecule has 0 spiro atoms. The standard InChI is InChI=1S/C25H32N6O.ClH/c1-17-26-24(30-13-11-29(2)12-14-30)22-25(27-17)31(19-9-15-32-16-10-19)23(28-22)21-6-4-3-5-20(21)18-7-8-18;/h3-6,18-19H,7-16H2,1-2H3;1H. The zero-order chi connectivity index (χ0) is 21.7. The van der Waals surface area contributed by atoms with E-state index < -0.39 is 0 Å². The van der Waals surface area contributed by atoms with Gasteiger partial charge in [0.15, 0.2) is 17.0 Å². The van der Waals surface area contributed by atoms with E-state index in [1.165, 1.54) is 24.0 Å². The second-order valence-electron chi connectivity index (χ2n) is 9.57. The molecule has 4 heterocycles. The van der Waals surface area contributed by atoms with Gasteiger partial charge in [-0.3, -0.25) is 0 Å². The van der Waals surface area contributed by atoms with Gasteiger partial charge in [-0.1, -0.05) is 24.3 Å². The molecule has 0 bridgehead atoms. The Hall–Kier alpha value is -2.22. The van der Waals surface area contributed by atoms with Gasteiger partial charge in [-0.2, -0.15) is 0 Å². The highest BCUT2D eigenvalue weighted by Crippen LogP contribution is 2.45. The normalized spacial score (nSPS) is 20.2. The number of hydrogen-bond donors (Lipinski definition) is 0. The van der Waals surface area contributed by atoms with Gasteiger partial charge >= 0.3 is 0 Å². The summed E-state index contributed by atoms with van der Waals surface area (Å²) in [5, 5.41) is 0. The Labute approximate surface area is 201 Å². The molecular weight excluding hydrogens is 436 g/mol. The van der Waals surface area contributed by atoms with Crippen LogP contribution in [0.5, 0.6) is 0 Å². The molecule has 7 nitrogen and oxygen atoms in total. The van der Waals surface area contributed by atoms with Gasteiger partial charge in [-0.25, -0.2) is 15.0 Å². The highest BCUT2D eigenvalue weighted by molar-refractivity contribution is 5.88. The van der Waals surface area contributed by atoms with Crippen molar-refractivity contribution in [3.05, 3.63) is 35.7 Å². The monoisotopic (exact) mass is 468 g/mol. The van der Waals surface area contributed by atoms with Crippen molar-refractivity contribution in [3.8, 4) is 11.4 Å². The van der Waals surface area contributed by atoms with Crippen molar-refractivity contribution in [2.24, 2.45) is 0 Å². The summed E-state index contributed by atoms with van der Waals surface area (Å²) in [6, 6.07) is 9.20. The van der Waals surface area contributed by atoms with Crippen LogP contribution in [0.2, 0.25) is 0 Å². The molecular formula is C25H33ClN6O. The maximum atomic E-state index is 5.70. The van der Waals surface area contributed by atoms with Crippen LogP contribution < -0.4 is 4.90 Å². The van der Waals surface area contributed by atoms with E-state index in [0.29, 0.717) is 12.0 Å². The van der Waals surface area contributed by atoms with Gasteiger partial charge in [0.05, 0.1) is 0 Å². The maximum Gasteiger partial charge on any atom is 0.166 e. The van der Waals surface area contributed by atoms with Crippen LogP contribution in [0.1, 0.15) is 49.0 Å². The van der Waals surface area contributed by atoms with E-state index >= 15 is 0 Å². The first-order valence-corrected chi connectivity index (χ1v) is 12.1. The smallest absolute Gasteiger partial charge is 0.166 e. The van der Waals surface area contributed by atoms with Crippen LogP contribution in [0.3, 0.4) is 0 Å². The molecule has 3 fully saturated rings. The first kappa shape index (κ1) is 22.6. The minimum atomic E-state index is 0. The fourth-order valence-electron chi connectivity index (χ4n) is 5.23. The first-order valence-electron chi connectivity index (χ1n) is 12.1. The Morgan fingerprint density at radius 3 is 2.36 bits per heavy atom. The Bertz CT molecular complexity index is 1130. The molecule has 3 aromatic rings. The Kier molecular flexibility index (Phi) is 6.29. The lowest BCUT2D eigenvalue weighted by Gasteiger charge is -2.33. The lowest BCUT2D eigenvalue weighted by Crippen LogP contribution is -2.45. The molecule has 6 rings (SSSR count). The Morgan fingerprint density at radius 1 is 0.909 bits per heavy atom. The van der Waals surface area contributed by atoms with Gasteiger partial charge in [-0.05, 0) is 51.1 Å². The summed E-state index contributed by atoms with van der Waals surface area (Å²) in [5.74, 6) is 3.54. The third-order valence-corrected chi connectivity index (χ3v) is 7.21. The number of benzene rings is 1. The number of fused-ring (bicyclic) bond motifs is 1. The molecule has 2 saturated heterocycles. The van der Waals surface area contributed by atoms with Crippen molar-refractivity contribution >= 4 is 29.4 Å². The first-order chi connectivity index (χ1) is 15.7. The number of rotatable bonds is 4. The predicted molar refractivity (Wildman–Crippen MR) is 134 cm³/mol. The van der Waals surface area contributed by atoms with Gasteiger partial charge in [0.25, 0.3) is 0 Å². The van der Waals surface area contributed by atoms with Crippen molar-refractivity contribution < 1.29 is 4.74 Å². The number of likely N-dealkylation sites (N-methyl/N-ethyl adjacent to an activating group) is 1. The Morgan fingerprint density at radius 2 is 1.64 bits per heavy atom. The molecule has 0 amide bonds. The topological polar surface area (TPSA) is 59.3 Å². The van der Waals surface area contributed by atoms with Crippen LogP contribution in [-0.2, 0) is 4.74 Å². The SMILES string of the molecule is Cc1nc(N2CCN(C)CC2)c2nc(-c3ccccc3C3CC3)n(C3CCOCC3)c2n1.Cl. The van der Waals surface area contributed by atoms with E-state index in [2.05, 4.69) is 45.7 Å². The van der Waals surface area contributed by atoms with E-state index in [4.69, 9.17) is 19.7 Å². The van der Waals surface area contributed by atoms with Crippen molar-refractivity contribution in [1.29, 1.82) is 0 Å². The van der Waals surface area contributed by atoms with Crippen molar-refractivity contribution in [2.45, 2.75) is 44.6 Å². The van der Waals surface area contributed by atoms with Gasteiger partial charge in [0.2, 0.25) is 0 Å². The summed E-state index contributed by atoms with van der Waals surface area (Å²) in [5.41, 5.74) is 4.63. The molecule has 0 unspecified atom stereocenters. The molecule has 0 atom stereocenters. The van der Waals surface area contributed by atoms with Crippen LogP contribution in [0.15, 0.2) is 24.3 Å². The number of aromatic nitrogens is 4. The van der Waals surface area contributed by atoms with Crippen LogP contribution in [-0.4, -0.2) is 70.9 Å².